The summed E-state index contributed by atoms with van der Waals surface area (Å²) < 4.78 is 40.7. The van der Waals surface area contributed by atoms with Crippen LogP contribution in [0.1, 0.15) is 24.5 Å². The molecule has 1 N–H and O–H groups in total. The Kier molecular flexibility index (Phi) is 5.01. The maximum atomic E-state index is 13.2. The largest absolute Gasteiger partial charge is 0.388 e. The lowest BCUT2D eigenvalue weighted by molar-refractivity contribution is 0.0483. The zero-order valence-electron chi connectivity index (χ0n) is 14.8. The van der Waals surface area contributed by atoms with Crippen LogP contribution in [0, 0.1) is 12.7 Å². The number of hydrogen-bond acceptors (Lipinski definition) is 3. The molecule has 0 fully saturated rings. The molecule has 0 bridgehead atoms. The van der Waals surface area contributed by atoms with Crippen LogP contribution in [0.4, 0.5) is 4.39 Å². The number of aliphatic hydroxyl groups is 1. The van der Waals surface area contributed by atoms with Gasteiger partial charge in [0.1, 0.15) is 5.82 Å². The van der Waals surface area contributed by atoms with E-state index < -0.39 is 15.6 Å². The molecule has 0 aromatic heterocycles. The van der Waals surface area contributed by atoms with Crippen molar-refractivity contribution in [1.29, 1.82) is 0 Å². The summed E-state index contributed by atoms with van der Waals surface area (Å²) >= 11 is 0. The average Bonchev–Trinajstić information content (AvgIpc) is 2.75. The van der Waals surface area contributed by atoms with E-state index in [1.165, 1.54) is 16.4 Å². The van der Waals surface area contributed by atoms with E-state index in [0.29, 0.717) is 6.42 Å². The van der Waals surface area contributed by atoms with Crippen molar-refractivity contribution in [2.75, 3.05) is 13.1 Å². The SMILES string of the molecule is Cc1ccc(S(=O)(=O)N2CC(c3ccc(F)cc3)=CCC(C)(O)C2)cc1. The van der Waals surface area contributed by atoms with Crippen LogP contribution in [-0.4, -0.2) is 36.5 Å². The Morgan fingerprint density at radius 2 is 1.69 bits per heavy atom. The number of halogens is 1. The van der Waals surface area contributed by atoms with Crippen LogP contribution in [0.3, 0.4) is 0 Å². The molecule has 0 saturated heterocycles. The van der Waals surface area contributed by atoms with Gasteiger partial charge >= 0.3 is 0 Å². The molecule has 2 aromatic rings. The molecule has 26 heavy (non-hydrogen) atoms. The van der Waals surface area contributed by atoms with E-state index in [4.69, 9.17) is 0 Å². The molecule has 0 radical (unpaired) electrons. The van der Waals surface area contributed by atoms with E-state index in [1.807, 2.05) is 13.0 Å². The molecule has 0 saturated carbocycles. The van der Waals surface area contributed by atoms with Crippen molar-refractivity contribution in [2.45, 2.75) is 30.8 Å². The molecule has 0 amide bonds. The van der Waals surface area contributed by atoms with Gasteiger partial charge in [-0.2, -0.15) is 4.31 Å². The van der Waals surface area contributed by atoms with E-state index in [9.17, 15) is 17.9 Å². The minimum Gasteiger partial charge on any atom is -0.388 e. The second kappa shape index (κ2) is 6.95. The van der Waals surface area contributed by atoms with Gasteiger partial charge in [-0.25, -0.2) is 12.8 Å². The number of aryl methyl sites for hydroxylation is 1. The first-order chi connectivity index (χ1) is 12.2. The fourth-order valence-electron chi connectivity index (χ4n) is 3.00. The van der Waals surface area contributed by atoms with Crippen LogP contribution in [0.25, 0.3) is 5.57 Å². The first-order valence-electron chi connectivity index (χ1n) is 8.42. The van der Waals surface area contributed by atoms with E-state index in [-0.39, 0.29) is 23.8 Å². The van der Waals surface area contributed by atoms with Gasteiger partial charge in [0.2, 0.25) is 10.0 Å². The molecular formula is C20H22FNO3S. The minimum absolute atomic E-state index is 0.00952. The molecule has 1 heterocycles. The number of nitrogens with zero attached hydrogens (tertiary/aromatic N) is 1. The third kappa shape index (κ3) is 4.03. The standard InChI is InChI=1S/C20H22FNO3S/c1-15-3-9-19(10-4-15)26(24,25)22-13-17(11-12-20(2,23)14-22)16-5-7-18(21)8-6-16/h3-11,23H,12-14H2,1-2H3. The number of sulfonamides is 1. The Bertz CT molecular complexity index is 917. The summed E-state index contributed by atoms with van der Waals surface area (Å²) in [6.45, 7) is 3.62. The van der Waals surface area contributed by atoms with Crippen molar-refractivity contribution in [1.82, 2.24) is 4.31 Å². The highest BCUT2D eigenvalue weighted by atomic mass is 32.2. The Balaban J connectivity index is 1.99. The summed E-state index contributed by atoms with van der Waals surface area (Å²) in [7, 11) is -3.76. The maximum absolute atomic E-state index is 13.2. The second-order valence-electron chi connectivity index (χ2n) is 7.02. The molecule has 1 aliphatic rings. The van der Waals surface area contributed by atoms with Crippen LogP contribution in [0.15, 0.2) is 59.5 Å². The highest BCUT2D eigenvalue weighted by molar-refractivity contribution is 7.89. The van der Waals surface area contributed by atoms with Crippen LogP contribution in [-0.2, 0) is 10.0 Å². The molecule has 1 unspecified atom stereocenters. The average molecular weight is 375 g/mol. The zero-order valence-corrected chi connectivity index (χ0v) is 15.6. The lowest BCUT2D eigenvalue weighted by Gasteiger charge is -2.28. The molecular weight excluding hydrogens is 353 g/mol. The van der Waals surface area contributed by atoms with Crippen molar-refractivity contribution in [3.8, 4) is 0 Å². The van der Waals surface area contributed by atoms with Gasteiger partial charge in [0.15, 0.2) is 0 Å². The Hall–Kier alpha value is -2.02. The number of β-amino-alcohol motifs (C(OH)–C–C–N with tert-alkyl or cyclic N) is 1. The van der Waals surface area contributed by atoms with Crippen LogP contribution in [0.2, 0.25) is 0 Å². The number of rotatable bonds is 3. The highest BCUT2D eigenvalue weighted by Gasteiger charge is 2.34. The molecule has 3 rings (SSSR count). The van der Waals surface area contributed by atoms with Gasteiger partial charge in [-0.1, -0.05) is 35.9 Å². The van der Waals surface area contributed by atoms with Crippen molar-refractivity contribution in [2.24, 2.45) is 0 Å². The second-order valence-corrected chi connectivity index (χ2v) is 8.96. The van der Waals surface area contributed by atoms with Crippen molar-refractivity contribution in [3.05, 3.63) is 71.6 Å². The van der Waals surface area contributed by atoms with E-state index >= 15 is 0 Å². The minimum atomic E-state index is -3.76. The van der Waals surface area contributed by atoms with E-state index in [1.54, 1.807) is 43.3 Å². The lowest BCUT2D eigenvalue weighted by atomic mass is 10.0. The maximum Gasteiger partial charge on any atom is 0.243 e. The summed E-state index contributed by atoms with van der Waals surface area (Å²) in [4.78, 5) is 0.194. The third-order valence-electron chi connectivity index (χ3n) is 4.53. The molecule has 1 aliphatic heterocycles. The fourth-order valence-corrected chi connectivity index (χ4v) is 4.54. The number of benzene rings is 2. The van der Waals surface area contributed by atoms with Crippen molar-refractivity contribution < 1.29 is 17.9 Å². The summed E-state index contributed by atoms with van der Waals surface area (Å²) in [5, 5.41) is 10.6. The zero-order chi connectivity index (χ0) is 18.9. The van der Waals surface area contributed by atoms with E-state index in [2.05, 4.69) is 0 Å². The van der Waals surface area contributed by atoms with Crippen molar-refractivity contribution in [3.63, 3.8) is 0 Å². The van der Waals surface area contributed by atoms with Gasteiger partial charge < -0.3 is 5.11 Å². The summed E-state index contributed by atoms with van der Waals surface area (Å²) in [5.41, 5.74) is 1.28. The third-order valence-corrected chi connectivity index (χ3v) is 6.33. The van der Waals surface area contributed by atoms with Crippen molar-refractivity contribution >= 4 is 15.6 Å². The fraction of sp³-hybridized carbons (Fsp3) is 0.300. The van der Waals surface area contributed by atoms with Crippen LogP contribution in [0.5, 0.6) is 0 Å². The summed E-state index contributed by atoms with van der Waals surface area (Å²) in [6.07, 6.45) is 2.15. The van der Waals surface area contributed by atoms with Crippen LogP contribution >= 0.6 is 0 Å². The smallest absolute Gasteiger partial charge is 0.243 e. The van der Waals surface area contributed by atoms with Gasteiger partial charge in [-0.15, -0.1) is 0 Å². The van der Waals surface area contributed by atoms with Gasteiger partial charge in [0.05, 0.1) is 10.5 Å². The Morgan fingerprint density at radius 3 is 2.31 bits per heavy atom. The van der Waals surface area contributed by atoms with Crippen LogP contribution < -0.4 is 0 Å². The molecule has 138 valence electrons. The molecule has 0 spiro atoms. The molecule has 2 aromatic carbocycles. The molecule has 4 nitrogen and oxygen atoms in total. The Labute approximate surface area is 153 Å². The number of hydrogen-bond donors (Lipinski definition) is 1. The predicted octanol–water partition coefficient (Wildman–Crippen LogP) is 3.36. The van der Waals surface area contributed by atoms with Gasteiger partial charge in [-0.05, 0) is 55.7 Å². The monoisotopic (exact) mass is 375 g/mol. The highest BCUT2D eigenvalue weighted by Crippen LogP contribution is 2.29. The van der Waals surface area contributed by atoms with Gasteiger partial charge in [-0.3, -0.25) is 0 Å². The predicted molar refractivity (Wildman–Crippen MR) is 99.6 cm³/mol. The molecule has 0 aliphatic carbocycles. The first kappa shape index (κ1) is 18.8. The van der Waals surface area contributed by atoms with Gasteiger partial charge in [0.25, 0.3) is 0 Å². The quantitative estimate of drug-likeness (QED) is 0.895. The Morgan fingerprint density at radius 1 is 1.08 bits per heavy atom. The molecule has 6 heteroatoms. The lowest BCUT2D eigenvalue weighted by Crippen LogP contribution is -2.42. The summed E-state index contributed by atoms with van der Waals surface area (Å²) in [5.74, 6) is -0.348. The van der Waals surface area contributed by atoms with Gasteiger partial charge in [0, 0.05) is 13.1 Å². The van der Waals surface area contributed by atoms with E-state index in [0.717, 1.165) is 16.7 Å². The topological polar surface area (TPSA) is 57.6 Å². The molecule has 1 atom stereocenters. The first-order valence-corrected chi connectivity index (χ1v) is 9.86. The normalized spacial score (nSPS) is 21.9. The summed E-state index contributed by atoms with van der Waals surface area (Å²) in [6, 6.07) is 12.6.